The molecule has 2 aromatic heterocycles. The van der Waals surface area contributed by atoms with Crippen molar-refractivity contribution in [1.29, 1.82) is 0 Å². The minimum atomic E-state index is -0.159. The van der Waals surface area contributed by atoms with E-state index in [0.717, 1.165) is 43.5 Å². The number of aromatic nitrogens is 3. The zero-order valence-electron chi connectivity index (χ0n) is 16.1. The molecule has 2 atom stereocenters. The van der Waals surface area contributed by atoms with Crippen LogP contribution >= 0.6 is 0 Å². The van der Waals surface area contributed by atoms with E-state index in [1.165, 1.54) is 12.6 Å². The molecule has 2 unspecified atom stereocenters. The van der Waals surface area contributed by atoms with Crippen molar-refractivity contribution in [3.63, 3.8) is 0 Å². The average Bonchev–Trinajstić information content (AvgIpc) is 2.66. The molecule has 4 saturated carbocycles. The third kappa shape index (κ3) is 3.17. The van der Waals surface area contributed by atoms with Crippen molar-refractivity contribution in [2.75, 3.05) is 0 Å². The molecule has 4 aliphatic rings. The van der Waals surface area contributed by atoms with E-state index in [-0.39, 0.29) is 16.9 Å². The van der Waals surface area contributed by atoms with Gasteiger partial charge in [-0.2, -0.15) is 0 Å². The predicted octanol–water partition coefficient (Wildman–Crippen LogP) is 3.30. The summed E-state index contributed by atoms with van der Waals surface area (Å²) >= 11 is 0. The number of hydrogen-bond acceptors (Lipinski definition) is 4. The molecule has 0 aliphatic heterocycles. The van der Waals surface area contributed by atoms with Gasteiger partial charge < -0.3 is 5.32 Å². The number of carbonyl (C=O) groups is 1. The van der Waals surface area contributed by atoms with E-state index in [2.05, 4.69) is 32.1 Å². The normalized spacial score (nSPS) is 32.5. The number of rotatable bonds is 2. The molecule has 2 aromatic rings. The maximum atomic E-state index is 12.8. The first kappa shape index (κ1) is 17.4. The number of nitrogens with one attached hydrogen (secondary N) is 1. The molecule has 0 saturated heterocycles. The van der Waals surface area contributed by atoms with E-state index in [1.54, 1.807) is 12.4 Å². The van der Waals surface area contributed by atoms with E-state index < -0.39 is 0 Å². The number of amides is 1. The van der Waals surface area contributed by atoms with Crippen molar-refractivity contribution in [3.8, 4) is 11.8 Å². The molecule has 6 rings (SSSR count). The van der Waals surface area contributed by atoms with Crippen LogP contribution in [0.1, 0.15) is 60.4 Å². The summed E-state index contributed by atoms with van der Waals surface area (Å²) < 4.78 is 0. The number of pyridine rings is 1. The summed E-state index contributed by atoms with van der Waals surface area (Å²) in [5, 5.41) is 3.35. The van der Waals surface area contributed by atoms with Gasteiger partial charge in [0, 0.05) is 29.0 Å². The Morgan fingerprint density at radius 1 is 1.18 bits per heavy atom. The molecule has 2 heterocycles. The topological polar surface area (TPSA) is 67.8 Å². The molecule has 4 bridgehead atoms. The minimum Gasteiger partial charge on any atom is -0.345 e. The van der Waals surface area contributed by atoms with Crippen LogP contribution < -0.4 is 5.32 Å². The number of hydrogen-bond donors (Lipinski definition) is 1. The summed E-state index contributed by atoms with van der Waals surface area (Å²) in [5.74, 6) is 8.14. The predicted molar refractivity (Wildman–Crippen MR) is 105 cm³/mol. The van der Waals surface area contributed by atoms with Crippen molar-refractivity contribution in [3.05, 3.63) is 53.9 Å². The van der Waals surface area contributed by atoms with Crippen LogP contribution in [0.15, 0.2) is 36.8 Å². The first-order valence-corrected chi connectivity index (χ1v) is 10.1. The summed E-state index contributed by atoms with van der Waals surface area (Å²) in [6.45, 7) is 1.99. The van der Waals surface area contributed by atoms with Gasteiger partial charge >= 0.3 is 0 Å². The van der Waals surface area contributed by atoms with Crippen LogP contribution in [0.5, 0.6) is 0 Å². The number of carbonyl (C=O) groups excluding carboxylic acids is 1. The summed E-state index contributed by atoms with van der Waals surface area (Å²) in [6.07, 6.45) is 11.3. The van der Waals surface area contributed by atoms with Gasteiger partial charge in [0.25, 0.3) is 5.91 Å². The molecule has 0 spiro atoms. The highest BCUT2D eigenvalue weighted by Crippen LogP contribution is 2.61. The number of nitrogens with zero attached hydrogens (tertiary/aromatic N) is 3. The van der Waals surface area contributed by atoms with Gasteiger partial charge in [-0.3, -0.25) is 9.78 Å². The Hall–Kier alpha value is -2.74. The molecule has 4 aliphatic carbocycles. The molecule has 5 heteroatoms. The summed E-state index contributed by atoms with van der Waals surface area (Å²) in [6, 6.07) is 5.98. The van der Waals surface area contributed by atoms with E-state index in [4.69, 9.17) is 0 Å². The van der Waals surface area contributed by atoms with Gasteiger partial charge in [0.1, 0.15) is 11.4 Å². The van der Waals surface area contributed by atoms with Crippen LogP contribution in [0.25, 0.3) is 0 Å². The fourth-order valence-corrected chi connectivity index (χ4v) is 6.09. The van der Waals surface area contributed by atoms with E-state index in [9.17, 15) is 4.79 Å². The second kappa shape index (κ2) is 6.41. The monoisotopic (exact) mass is 372 g/mol. The number of aryl methyl sites for hydroxylation is 1. The third-order valence-electron chi connectivity index (χ3n) is 6.58. The van der Waals surface area contributed by atoms with Crippen LogP contribution in [0.3, 0.4) is 0 Å². The average molecular weight is 372 g/mol. The third-order valence-corrected chi connectivity index (χ3v) is 6.58. The first-order valence-electron chi connectivity index (χ1n) is 10.1. The van der Waals surface area contributed by atoms with E-state index in [0.29, 0.717) is 17.5 Å². The quantitative estimate of drug-likeness (QED) is 0.822. The lowest BCUT2D eigenvalue weighted by molar-refractivity contribution is -0.0484. The van der Waals surface area contributed by atoms with E-state index >= 15 is 0 Å². The fraction of sp³-hybridized carbons (Fsp3) is 0.478. The van der Waals surface area contributed by atoms with Crippen LogP contribution in [-0.2, 0) is 0 Å². The highest BCUT2D eigenvalue weighted by atomic mass is 16.2. The molecule has 1 N–H and O–H groups in total. The van der Waals surface area contributed by atoms with E-state index in [1.807, 2.05) is 25.1 Å². The van der Waals surface area contributed by atoms with Gasteiger partial charge in [0.2, 0.25) is 0 Å². The lowest BCUT2D eigenvalue weighted by Gasteiger charge is -2.60. The Kier molecular flexibility index (Phi) is 3.97. The zero-order chi connectivity index (χ0) is 19.2. The molecular weight excluding hydrogens is 348 g/mol. The maximum Gasteiger partial charge on any atom is 0.271 e. The molecule has 1 amide bonds. The minimum absolute atomic E-state index is 0.00877. The molecule has 28 heavy (non-hydrogen) atoms. The second-order valence-electron chi connectivity index (χ2n) is 8.98. The second-order valence-corrected chi connectivity index (χ2v) is 8.98. The van der Waals surface area contributed by atoms with Gasteiger partial charge in [-0.15, -0.1) is 0 Å². The van der Waals surface area contributed by atoms with Crippen molar-refractivity contribution < 1.29 is 4.79 Å². The van der Waals surface area contributed by atoms with Gasteiger partial charge in [-0.05, 0) is 75.3 Å². The zero-order valence-corrected chi connectivity index (χ0v) is 16.1. The fourth-order valence-electron chi connectivity index (χ4n) is 6.09. The maximum absolute atomic E-state index is 12.8. The SMILES string of the molecule is Cc1cccc(C#CC23CC4CC(C2)CC(NC(=O)c2cnccn2)(C4)C3)n1. The lowest BCUT2D eigenvalue weighted by atomic mass is 9.47. The largest absolute Gasteiger partial charge is 0.345 e. The van der Waals surface area contributed by atoms with Crippen LogP contribution in [0, 0.1) is 36.0 Å². The molecule has 4 fully saturated rings. The smallest absolute Gasteiger partial charge is 0.271 e. The van der Waals surface area contributed by atoms with Gasteiger partial charge in [0.15, 0.2) is 0 Å². The Labute approximate surface area is 165 Å². The Morgan fingerprint density at radius 3 is 2.71 bits per heavy atom. The lowest BCUT2D eigenvalue weighted by Crippen LogP contribution is -2.63. The summed E-state index contributed by atoms with van der Waals surface area (Å²) in [7, 11) is 0. The summed E-state index contributed by atoms with van der Waals surface area (Å²) in [4.78, 5) is 25.5. The van der Waals surface area contributed by atoms with Crippen molar-refractivity contribution in [1.82, 2.24) is 20.3 Å². The van der Waals surface area contributed by atoms with Gasteiger partial charge in [-0.1, -0.05) is 12.0 Å². The molecule has 0 aromatic carbocycles. The Morgan fingerprint density at radius 2 is 2.00 bits per heavy atom. The molecule has 142 valence electrons. The van der Waals surface area contributed by atoms with Crippen molar-refractivity contribution in [2.24, 2.45) is 17.3 Å². The van der Waals surface area contributed by atoms with Crippen LogP contribution in [0.2, 0.25) is 0 Å². The Bertz CT molecular complexity index is 961. The highest BCUT2D eigenvalue weighted by Gasteiger charge is 2.57. The van der Waals surface area contributed by atoms with Gasteiger partial charge in [-0.25, -0.2) is 9.97 Å². The highest BCUT2D eigenvalue weighted by molar-refractivity contribution is 5.92. The van der Waals surface area contributed by atoms with Gasteiger partial charge in [0.05, 0.1) is 6.20 Å². The van der Waals surface area contributed by atoms with Crippen LogP contribution in [0.4, 0.5) is 0 Å². The first-order chi connectivity index (χ1) is 13.5. The molecule has 5 nitrogen and oxygen atoms in total. The Balaban J connectivity index is 1.42. The molecule has 0 radical (unpaired) electrons. The van der Waals surface area contributed by atoms with Crippen LogP contribution in [-0.4, -0.2) is 26.4 Å². The standard InChI is InChI=1S/C23H24N4O/c1-16-3-2-4-19(26-16)5-6-22-10-17-9-18(11-22)13-23(12-17,15-22)27-21(28)20-14-24-7-8-25-20/h2-4,7-8,14,17-18H,9-13,15H2,1H3,(H,27,28). The molecular formula is C23H24N4O. The summed E-state index contributed by atoms with van der Waals surface area (Å²) in [5.41, 5.74) is 2.05. The van der Waals surface area contributed by atoms with Crippen molar-refractivity contribution in [2.45, 2.75) is 51.0 Å². The van der Waals surface area contributed by atoms with Crippen molar-refractivity contribution >= 4 is 5.91 Å².